The van der Waals surface area contributed by atoms with Crippen molar-refractivity contribution in [2.24, 2.45) is 0 Å². The number of hydrogen-bond acceptors (Lipinski definition) is 5. The number of carbonyl (C=O) groups excluding carboxylic acids is 1. The van der Waals surface area contributed by atoms with Gasteiger partial charge in [0, 0.05) is 23.1 Å². The zero-order valence-corrected chi connectivity index (χ0v) is 19.0. The van der Waals surface area contributed by atoms with Gasteiger partial charge >= 0.3 is 0 Å². The number of aryl methyl sites for hydroxylation is 2. The number of aromatic nitrogens is 3. The molecule has 34 heavy (non-hydrogen) atoms. The monoisotopic (exact) mass is 455 g/mol. The fourth-order valence-corrected chi connectivity index (χ4v) is 3.63. The highest BCUT2D eigenvalue weighted by atomic mass is 19.1. The van der Waals surface area contributed by atoms with Gasteiger partial charge in [0.15, 0.2) is 0 Å². The van der Waals surface area contributed by atoms with Crippen LogP contribution in [0.5, 0.6) is 11.6 Å². The van der Waals surface area contributed by atoms with E-state index in [1.165, 1.54) is 12.1 Å². The summed E-state index contributed by atoms with van der Waals surface area (Å²) >= 11 is 0. The Bertz CT molecular complexity index is 1400. The van der Waals surface area contributed by atoms with Crippen LogP contribution in [-0.2, 0) is 11.2 Å². The van der Waals surface area contributed by atoms with Crippen LogP contribution in [0.15, 0.2) is 60.8 Å². The van der Waals surface area contributed by atoms with Crippen LogP contribution >= 0.6 is 0 Å². The van der Waals surface area contributed by atoms with E-state index in [2.05, 4.69) is 15.4 Å². The largest absolute Gasteiger partial charge is 0.438 e. The summed E-state index contributed by atoms with van der Waals surface area (Å²) in [6, 6.07) is 16.6. The summed E-state index contributed by atoms with van der Waals surface area (Å²) in [4.78, 5) is 16.9. The van der Waals surface area contributed by atoms with Crippen molar-refractivity contribution in [1.82, 2.24) is 14.8 Å². The highest BCUT2D eigenvalue weighted by molar-refractivity contribution is 5.93. The molecule has 0 fully saturated rings. The number of pyridine rings is 1. The van der Waals surface area contributed by atoms with Crippen LogP contribution in [0.4, 0.5) is 10.1 Å². The first-order valence-corrected chi connectivity index (χ1v) is 10.6. The molecule has 1 N–H and O–H groups in total. The van der Waals surface area contributed by atoms with Gasteiger partial charge in [-0.1, -0.05) is 0 Å². The fourth-order valence-electron chi connectivity index (χ4n) is 3.63. The molecule has 7 nitrogen and oxygen atoms in total. The molecule has 2 heterocycles. The topological polar surface area (TPSA) is 92.8 Å². The van der Waals surface area contributed by atoms with Gasteiger partial charge in [0.25, 0.3) is 0 Å². The average Bonchev–Trinajstić information content (AvgIpc) is 3.10. The summed E-state index contributed by atoms with van der Waals surface area (Å²) in [7, 11) is 0. The number of anilines is 1. The SMILES string of the molecule is Cc1cc(Oc2ncccc2C#N)ccc1NC(=O)Cc1c(C)nn(-c2ccc(F)cc2)c1C. The first-order valence-electron chi connectivity index (χ1n) is 10.6. The van der Waals surface area contributed by atoms with Gasteiger partial charge in [-0.15, -0.1) is 0 Å². The van der Waals surface area contributed by atoms with Crippen LogP contribution in [0, 0.1) is 37.9 Å². The molecule has 0 unspecified atom stereocenters. The van der Waals surface area contributed by atoms with Crippen molar-refractivity contribution >= 4 is 11.6 Å². The Hall–Kier alpha value is -4.51. The van der Waals surface area contributed by atoms with E-state index in [4.69, 9.17) is 4.74 Å². The summed E-state index contributed by atoms with van der Waals surface area (Å²) in [6.07, 6.45) is 1.70. The molecule has 2 aromatic heterocycles. The molecule has 1 amide bonds. The smallest absolute Gasteiger partial charge is 0.237 e. The molecular weight excluding hydrogens is 433 g/mol. The molecule has 0 bridgehead atoms. The fraction of sp³-hybridized carbons (Fsp3) is 0.154. The molecular formula is C26H22FN5O2. The predicted octanol–water partition coefficient (Wildman–Crippen LogP) is 5.18. The lowest BCUT2D eigenvalue weighted by Crippen LogP contribution is -2.16. The Morgan fingerprint density at radius 1 is 1.15 bits per heavy atom. The Labute approximate surface area is 196 Å². The third-order valence-corrected chi connectivity index (χ3v) is 5.43. The lowest BCUT2D eigenvalue weighted by molar-refractivity contribution is -0.115. The number of ether oxygens (including phenoxy) is 1. The van der Waals surface area contributed by atoms with E-state index in [0.29, 0.717) is 17.0 Å². The highest BCUT2D eigenvalue weighted by Gasteiger charge is 2.17. The number of nitrogens with zero attached hydrogens (tertiary/aromatic N) is 4. The van der Waals surface area contributed by atoms with Crippen LogP contribution < -0.4 is 10.1 Å². The standard InChI is InChI=1S/C26H22FN5O2/c1-16-13-22(34-26-19(15-28)5-4-12-29-26)10-11-24(16)30-25(33)14-23-17(2)31-32(18(23)3)21-8-6-20(27)7-9-21/h4-13H,14H2,1-3H3,(H,30,33). The molecule has 0 aliphatic heterocycles. The van der Waals surface area contributed by atoms with Crippen LogP contribution in [0.1, 0.15) is 28.1 Å². The lowest BCUT2D eigenvalue weighted by Gasteiger charge is -2.12. The molecule has 0 aliphatic carbocycles. The number of halogens is 1. The normalized spacial score (nSPS) is 10.6. The first-order chi connectivity index (χ1) is 16.4. The predicted molar refractivity (Wildman–Crippen MR) is 126 cm³/mol. The summed E-state index contributed by atoms with van der Waals surface area (Å²) in [5, 5.41) is 16.6. The number of amides is 1. The molecule has 0 aliphatic rings. The van der Waals surface area contributed by atoms with Gasteiger partial charge in [-0.2, -0.15) is 10.4 Å². The molecule has 0 saturated heterocycles. The van der Waals surface area contributed by atoms with Crippen molar-refractivity contribution in [3.8, 4) is 23.4 Å². The van der Waals surface area contributed by atoms with E-state index in [1.807, 2.05) is 26.8 Å². The van der Waals surface area contributed by atoms with Gasteiger partial charge in [0.1, 0.15) is 23.2 Å². The zero-order valence-electron chi connectivity index (χ0n) is 19.0. The van der Waals surface area contributed by atoms with Crippen LogP contribution in [-0.4, -0.2) is 20.7 Å². The van der Waals surface area contributed by atoms with Crippen molar-refractivity contribution in [3.63, 3.8) is 0 Å². The van der Waals surface area contributed by atoms with Crippen LogP contribution in [0.25, 0.3) is 5.69 Å². The maximum atomic E-state index is 13.3. The van der Waals surface area contributed by atoms with Crippen molar-refractivity contribution < 1.29 is 13.9 Å². The maximum Gasteiger partial charge on any atom is 0.237 e. The second kappa shape index (κ2) is 9.55. The van der Waals surface area contributed by atoms with Gasteiger partial charge < -0.3 is 10.1 Å². The Balaban J connectivity index is 1.47. The molecule has 4 aromatic rings. The number of carbonyl (C=O) groups is 1. The van der Waals surface area contributed by atoms with E-state index in [-0.39, 0.29) is 24.0 Å². The van der Waals surface area contributed by atoms with Crippen molar-refractivity contribution in [1.29, 1.82) is 5.26 Å². The zero-order chi connectivity index (χ0) is 24.2. The molecule has 0 atom stereocenters. The van der Waals surface area contributed by atoms with Crippen molar-refractivity contribution in [3.05, 3.63) is 94.7 Å². The molecule has 170 valence electrons. The third-order valence-electron chi connectivity index (χ3n) is 5.43. The molecule has 0 spiro atoms. The van der Waals surface area contributed by atoms with Gasteiger partial charge in [-0.3, -0.25) is 4.79 Å². The van der Waals surface area contributed by atoms with Crippen LogP contribution in [0.2, 0.25) is 0 Å². The molecule has 4 rings (SSSR count). The minimum atomic E-state index is -0.317. The molecule has 2 aromatic carbocycles. The lowest BCUT2D eigenvalue weighted by atomic mass is 10.1. The van der Waals surface area contributed by atoms with E-state index in [1.54, 1.807) is 53.3 Å². The van der Waals surface area contributed by atoms with Gasteiger partial charge in [0.05, 0.1) is 17.8 Å². The molecule has 8 heteroatoms. The van der Waals surface area contributed by atoms with Gasteiger partial charge in [-0.05, 0) is 80.9 Å². The van der Waals surface area contributed by atoms with Gasteiger partial charge in [0.2, 0.25) is 11.8 Å². The summed E-state index contributed by atoms with van der Waals surface area (Å²) in [6.45, 7) is 5.59. The molecule has 0 saturated carbocycles. The van der Waals surface area contributed by atoms with E-state index in [9.17, 15) is 14.4 Å². The minimum Gasteiger partial charge on any atom is -0.438 e. The Kier molecular flexibility index (Phi) is 6.37. The number of benzene rings is 2. The second-order valence-electron chi connectivity index (χ2n) is 7.81. The van der Waals surface area contributed by atoms with E-state index in [0.717, 1.165) is 28.2 Å². The van der Waals surface area contributed by atoms with Crippen molar-refractivity contribution in [2.75, 3.05) is 5.32 Å². The molecule has 0 radical (unpaired) electrons. The highest BCUT2D eigenvalue weighted by Crippen LogP contribution is 2.27. The second-order valence-corrected chi connectivity index (χ2v) is 7.81. The number of rotatable bonds is 6. The van der Waals surface area contributed by atoms with Crippen molar-refractivity contribution in [2.45, 2.75) is 27.2 Å². The average molecular weight is 455 g/mol. The maximum absolute atomic E-state index is 13.3. The summed E-state index contributed by atoms with van der Waals surface area (Å²) < 4.78 is 20.7. The van der Waals surface area contributed by atoms with E-state index < -0.39 is 0 Å². The summed E-state index contributed by atoms with van der Waals surface area (Å²) in [5.41, 5.74) is 4.90. The van der Waals surface area contributed by atoms with Crippen LogP contribution in [0.3, 0.4) is 0 Å². The number of nitrogens with one attached hydrogen (secondary N) is 1. The van der Waals surface area contributed by atoms with Gasteiger partial charge in [-0.25, -0.2) is 14.1 Å². The minimum absolute atomic E-state index is 0.149. The van der Waals surface area contributed by atoms with E-state index >= 15 is 0 Å². The Morgan fingerprint density at radius 3 is 2.62 bits per heavy atom. The quantitative estimate of drug-likeness (QED) is 0.433. The first kappa shape index (κ1) is 22.7. The third kappa shape index (κ3) is 4.79. The number of hydrogen-bond donors (Lipinski definition) is 1. The number of nitriles is 1. The summed E-state index contributed by atoms with van der Waals surface area (Å²) in [5.74, 6) is 0.239. The Morgan fingerprint density at radius 2 is 1.91 bits per heavy atom.